The molecule has 3 nitrogen and oxygen atoms in total. The molecule has 0 radical (unpaired) electrons. The number of hydrogen-bond donors (Lipinski definition) is 0. The Labute approximate surface area is 375 Å². The van der Waals surface area contributed by atoms with Crippen LogP contribution in [-0.2, 0) is 23.2 Å². The van der Waals surface area contributed by atoms with E-state index in [1.54, 1.807) is 12.1 Å². The van der Waals surface area contributed by atoms with Crippen LogP contribution in [-0.4, -0.2) is 9.13 Å². The quantitative estimate of drug-likeness (QED) is 0.163. The molecule has 0 unspecified atom stereocenters. The Morgan fingerprint density at radius 2 is 0.803 bits per heavy atom. The molecule has 0 saturated carbocycles. The first kappa shape index (κ1) is 40.0. The fourth-order valence-electron chi connectivity index (χ4n) is 11.2. The van der Waals surface area contributed by atoms with Crippen LogP contribution in [0, 0.1) is 11.3 Å². The average molecular weight is 878 g/mol. The van der Waals surface area contributed by atoms with Crippen molar-refractivity contribution < 1.29 is 26.3 Å². The Morgan fingerprint density at radius 1 is 0.409 bits per heavy atom. The highest BCUT2D eigenvalue weighted by atomic mass is 19.4. The molecule has 12 rings (SSSR count). The molecule has 8 aromatic carbocycles. The van der Waals surface area contributed by atoms with Gasteiger partial charge in [0.1, 0.15) is 11.6 Å². The van der Waals surface area contributed by atoms with Crippen molar-refractivity contribution in [3.8, 4) is 50.8 Å². The van der Waals surface area contributed by atoms with Crippen molar-refractivity contribution in [1.82, 2.24) is 9.13 Å². The van der Waals surface area contributed by atoms with E-state index in [0.717, 1.165) is 89.1 Å². The van der Waals surface area contributed by atoms with Crippen LogP contribution in [0.4, 0.5) is 26.3 Å². The van der Waals surface area contributed by atoms with Crippen molar-refractivity contribution in [2.24, 2.45) is 0 Å². The lowest BCUT2D eigenvalue weighted by Crippen LogP contribution is -2.15. The number of fused-ring (bicyclic) bond motifs is 12. The van der Waals surface area contributed by atoms with Gasteiger partial charge in [-0.25, -0.2) is 0 Å². The summed E-state index contributed by atoms with van der Waals surface area (Å²) in [6, 6.07) is 48.0. The Bertz CT molecular complexity index is 3580. The monoisotopic (exact) mass is 877 g/mol. The highest BCUT2D eigenvalue weighted by Gasteiger charge is 2.40. The lowest BCUT2D eigenvalue weighted by Gasteiger charge is -2.23. The van der Waals surface area contributed by atoms with Crippen LogP contribution in [0.5, 0.6) is 0 Å². The van der Waals surface area contributed by atoms with Crippen molar-refractivity contribution in [1.29, 1.82) is 5.26 Å². The topological polar surface area (TPSA) is 33.6 Å². The first-order valence-electron chi connectivity index (χ1n) is 21.7. The second-order valence-electron chi connectivity index (χ2n) is 18.7. The molecule has 0 fully saturated rings. The zero-order valence-electron chi connectivity index (χ0n) is 36.0. The third kappa shape index (κ3) is 5.45. The predicted octanol–water partition coefficient (Wildman–Crippen LogP) is 16.1. The van der Waals surface area contributed by atoms with E-state index in [0.29, 0.717) is 11.4 Å². The third-order valence-electron chi connectivity index (χ3n) is 14.4. The second-order valence-corrected chi connectivity index (χ2v) is 18.7. The summed E-state index contributed by atoms with van der Waals surface area (Å²) < 4.78 is 91.5. The summed E-state index contributed by atoms with van der Waals surface area (Å²) in [6.45, 7) is 8.67. The smallest absolute Gasteiger partial charge is 0.308 e. The van der Waals surface area contributed by atoms with E-state index in [4.69, 9.17) is 0 Å². The standard InChI is InChI=1S/C57H37F6N3/c1-54(2)44-17-9-5-13-35(44)39-26-41-37-15-7-11-19-48(37)65(52(41)28-46(39)54)50-23-32(31-21-33(56(58,59)60)25-34(22-31)57(61,62)63)24-51(43(50)30-64)66-49-20-12-8-16-38(49)42-27-40-36-14-6-10-18-45(36)55(3,4)47(40)29-53(42)66/h5-29H,1-4H3. The molecule has 2 aliphatic rings. The molecule has 0 amide bonds. The summed E-state index contributed by atoms with van der Waals surface area (Å²) in [5.41, 5.74) is 8.72. The van der Waals surface area contributed by atoms with Crippen molar-refractivity contribution >= 4 is 43.6 Å². The molecule has 2 aromatic heterocycles. The number of benzene rings is 8. The number of nitriles is 1. The molecule has 0 bridgehead atoms. The molecule has 2 heterocycles. The Morgan fingerprint density at radius 3 is 1.23 bits per heavy atom. The molecule has 0 aliphatic heterocycles. The minimum absolute atomic E-state index is 0.0789. The van der Waals surface area contributed by atoms with E-state index in [-0.39, 0.29) is 22.8 Å². The van der Waals surface area contributed by atoms with Crippen LogP contribution >= 0.6 is 0 Å². The molecule has 322 valence electrons. The van der Waals surface area contributed by atoms with Gasteiger partial charge >= 0.3 is 12.4 Å². The van der Waals surface area contributed by atoms with Crippen molar-refractivity contribution in [3.05, 3.63) is 191 Å². The fourth-order valence-corrected chi connectivity index (χ4v) is 11.2. The first-order chi connectivity index (χ1) is 31.5. The van der Waals surface area contributed by atoms with Gasteiger partial charge in [-0.3, -0.25) is 0 Å². The summed E-state index contributed by atoms with van der Waals surface area (Å²) in [5, 5.41) is 15.1. The van der Waals surface area contributed by atoms with E-state index in [9.17, 15) is 31.6 Å². The summed E-state index contributed by atoms with van der Waals surface area (Å²) in [6.07, 6.45) is -10.2. The maximum absolute atomic E-state index is 14.6. The number of rotatable bonds is 3. The first-order valence-corrected chi connectivity index (χ1v) is 21.7. The largest absolute Gasteiger partial charge is 0.416 e. The fraction of sp³-hybridized carbons (Fsp3) is 0.140. The predicted molar refractivity (Wildman–Crippen MR) is 250 cm³/mol. The molecule has 0 N–H and O–H groups in total. The van der Waals surface area contributed by atoms with Gasteiger partial charge in [0.2, 0.25) is 0 Å². The molecule has 9 heteroatoms. The lowest BCUT2D eigenvalue weighted by molar-refractivity contribution is -0.143. The Hall–Kier alpha value is -7.57. The molecule has 66 heavy (non-hydrogen) atoms. The van der Waals surface area contributed by atoms with Gasteiger partial charge in [0.05, 0.1) is 44.6 Å². The second kappa shape index (κ2) is 13.3. The molecular formula is C57H37F6N3. The number of hydrogen-bond acceptors (Lipinski definition) is 1. The van der Waals surface area contributed by atoms with Crippen LogP contribution < -0.4 is 0 Å². The van der Waals surface area contributed by atoms with Crippen LogP contribution in [0.25, 0.3) is 88.4 Å². The van der Waals surface area contributed by atoms with Crippen molar-refractivity contribution in [2.75, 3.05) is 0 Å². The molecule has 10 aromatic rings. The summed E-state index contributed by atoms with van der Waals surface area (Å²) in [5.74, 6) is 0. The summed E-state index contributed by atoms with van der Waals surface area (Å²) in [7, 11) is 0. The zero-order chi connectivity index (χ0) is 45.8. The van der Waals surface area contributed by atoms with Crippen LogP contribution in [0.1, 0.15) is 66.6 Å². The summed E-state index contributed by atoms with van der Waals surface area (Å²) >= 11 is 0. The van der Waals surface area contributed by atoms with Gasteiger partial charge in [-0.05, 0) is 122 Å². The van der Waals surface area contributed by atoms with Gasteiger partial charge in [-0.15, -0.1) is 0 Å². The third-order valence-corrected chi connectivity index (χ3v) is 14.4. The van der Waals surface area contributed by atoms with E-state index in [1.807, 2.05) is 81.9 Å². The number of halogens is 6. The highest BCUT2D eigenvalue weighted by molar-refractivity contribution is 6.14. The van der Waals surface area contributed by atoms with Crippen LogP contribution in [0.3, 0.4) is 0 Å². The maximum atomic E-state index is 14.6. The Kier molecular flexibility index (Phi) is 8.03. The Balaban J connectivity index is 1.24. The van der Waals surface area contributed by atoms with Gasteiger partial charge in [0.15, 0.2) is 0 Å². The molecular weight excluding hydrogens is 841 g/mol. The summed E-state index contributed by atoms with van der Waals surface area (Å²) in [4.78, 5) is 0. The zero-order valence-corrected chi connectivity index (χ0v) is 36.0. The molecule has 0 atom stereocenters. The maximum Gasteiger partial charge on any atom is 0.416 e. The number of nitrogens with zero attached hydrogens (tertiary/aromatic N) is 3. The van der Waals surface area contributed by atoms with Crippen LogP contribution in [0.2, 0.25) is 0 Å². The normalized spacial score (nSPS) is 14.7. The van der Waals surface area contributed by atoms with Gasteiger partial charge in [-0.2, -0.15) is 31.6 Å². The SMILES string of the molecule is CC1(C)c2ccccc2-c2cc3c4ccccc4n(-c4cc(-c5cc(C(F)(F)F)cc(C(F)(F)F)c5)cc(-n5c6ccccc6c6cc7c(cc65)C(C)(C)c5ccccc5-7)c4C#N)c3cc21. The van der Waals surface area contributed by atoms with Gasteiger partial charge < -0.3 is 9.13 Å². The average Bonchev–Trinajstić information content (AvgIpc) is 3.95. The van der Waals surface area contributed by atoms with Gasteiger partial charge in [-0.1, -0.05) is 113 Å². The molecule has 0 saturated heterocycles. The minimum atomic E-state index is -5.08. The highest BCUT2D eigenvalue weighted by Crippen LogP contribution is 2.53. The molecule has 2 aliphatic carbocycles. The number of para-hydroxylation sites is 2. The van der Waals surface area contributed by atoms with E-state index < -0.39 is 34.3 Å². The lowest BCUT2D eigenvalue weighted by atomic mass is 9.82. The number of alkyl halides is 6. The minimum Gasteiger partial charge on any atom is -0.308 e. The van der Waals surface area contributed by atoms with Gasteiger partial charge in [0.25, 0.3) is 0 Å². The molecule has 0 spiro atoms. The van der Waals surface area contributed by atoms with E-state index in [1.165, 1.54) is 11.1 Å². The van der Waals surface area contributed by atoms with Gasteiger partial charge in [0, 0.05) is 32.4 Å². The van der Waals surface area contributed by atoms with Crippen molar-refractivity contribution in [3.63, 3.8) is 0 Å². The van der Waals surface area contributed by atoms with Crippen LogP contribution in [0.15, 0.2) is 152 Å². The van der Waals surface area contributed by atoms with E-state index in [2.05, 4.69) is 82.3 Å². The number of aromatic nitrogens is 2. The van der Waals surface area contributed by atoms with Crippen molar-refractivity contribution in [2.45, 2.75) is 50.9 Å². The van der Waals surface area contributed by atoms with E-state index >= 15 is 0 Å².